The molecule has 0 saturated heterocycles. The van der Waals surface area contributed by atoms with Crippen LogP contribution < -0.4 is 10.5 Å². The van der Waals surface area contributed by atoms with Crippen LogP contribution in [0, 0.1) is 0 Å². The molecule has 0 bridgehead atoms. The van der Waals surface area contributed by atoms with Gasteiger partial charge in [-0.3, -0.25) is 9.52 Å². The van der Waals surface area contributed by atoms with Crippen molar-refractivity contribution < 1.29 is 13.2 Å². The van der Waals surface area contributed by atoms with Gasteiger partial charge in [-0.15, -0.1) is 0 Å². The molecule has 0 aliphatic rings. The first-order valence-electron chi connectivity index (χ1n) is 6.98. The highest BCUT2D eigenvalue weighted by atomic mass is 35.5. The molecule has 3 N–H and O–H groups in total. The molecule has 0 saturated carbocycles. The molecule has 3 aromatic rings. The molecule has 3 rings (SSSR count). The van der Waals surface area contributed by atoms with Crippen molar-refractivity contribution in [2.24, 2.45) is 5.73 Å². The number of nitrogens with one attached hydrogen (secondary N) is 1. The van der Waals surface area contributed by atoms with E-state index in [2.05, 4.69) is 4.72 Å². The standard InChI is InChI=1S/C17H13ClN2O3S/c18-15-9-8-11-4-1-2-7-14(11)16(15)24(22,23)20-13-6-3-5-12(10-13)17(19)21/h1-10,20H,(H2,19,21). The number of amides is 1. The number of benzene rings is 3. The van der Waals surface area contributed by atoms with Gasteiger partial charge in [0.05, 0.1) is 5.02 Å². The van der Waals surface area contributed by atoms with Crippen molar-refractivity contribution in [1.29, 1.82) is 0 Å². The molecule has 0 aromatic heterocycles. The van der Waals surface area contributed by atoms with E-state index in [0.717, 1.165) is 5.39 Å². The Balaban J connectivity index is 2.11. The minimum Gasteiger partial charge on any atom is -0.366 e. The summed E-state index contributed by atoms with van der Waals surface area (Å²) in [5.41, 5.74) is 5.66. The normalized spacial score (nSPS) is 11.4. The lowest BCUT2D eigenvalue weighted by molar-refractivity contribution is 0.100. The predicted octanol–water partition coefficient (Wildman–Crippen LogP) is 3.39. The van der Waals surface area contributed by atoms with Crippen molar-refractivity contribution in [3.8, 4) is 0 Å². The van der Waals surface area contributed by atoms with E-state index in [1.54, 1.807) is 30.3 Å². The summed E-state index contributed by atoms with van der Waals surface area (Å²) in [4.78, 5) is 11.2. The molecule has 0 spiro atoms. The van der Waals surface area contributed by atoms with Gasteiger partial charge in [-0.2, -0.15) is 0 Å². The maximum absolute atomic E-state index is 12.8. The van der Waals surface area contributed by atoms with Gasteiger partial charge in [-0.05, 0) is 29.7 Å². The second kappa shape index (κ2) is 6.14. The van der Waals surface area contributed by atoms with Gasteiger partial charge in [-0.1, -0.05) is 48.0 Å². The fourth-order valence-corrected chi connectivity index (χ4v) is 4.24. The minimum atomic E-state index is -3.95. The van der Waals surface area contributed by atoms with Crippen LogP contribution in [0.15, 0.2) is 65.6 Å². The van der Waals surface area contributed by atoms with Gasteiger partial charge in [0.1, 0.15) is 4.90 Å². The van der Waals surface area contributed by atoms with Gasteiger partial charge in [0, 0.05) is 16.6 Å². The number of primary amides is 1. The second-order valence-electron chi connectivity index (χ2n) is 5.15. The zero-order valence-corrected chi connectivity index (χ0v) is 13.9. The molecule has 0 aliphatic carbocycles. The number of hydrogen-bond acceptors (Lipinski definition) is 3. The van der Waals surface area contributed by atoms with Crippen molar-refractivity contribution in [3.05, 3.63) is 71.2 Å². The summed E-state index contributed by atoms with van der Waals surface area (Å²) in [6.45, 7) is 0. The van der Waals surface area contributed by atoms with E-state index < -0.39 is 15.9 Å². The maximum Gasteiger partial charge on any atom is 0.264 e. The first-order chi connectivity index (χ1) is 11.4. The Morgan fingerprint density at radius 1 is 1.00 bits per heavy atom. The average molecular weight is 361 g/mol. The van der Waals surface area contributed by atoms with Crippen LogP contribution in [0.1, 0.15) is 10.4 Å². The number of anilines is 1. The highest BCUT2D eigenvalue weighted by Gasteiger charge is 2.21. The SMILES string of the molecule is NC(=O)c1cccc(NS(=O)(=O)c2c(Cl)ccc3ccccc23)c1. The topological polar surface area (TPSA) is 89.3 Å². The molecule has 0 radical (unpaired) electrons. The summed E-state index contributed by atoms with van der Waals surface area (Å²) >= 11 is 6.14. The molecule has 0 atom stereocenters. The second-order valence-corrected chi connectivity index (χ2v) is 7.17. The number of fused-ring (bicyclic) bond motifs is 1. The molecule has 0 aliphatic heterocycles. The number of rotatable bonds is 4. The van der Waals surface area contributed by atoms with Crippen molar-refractivity contribution in [2.75, 3.05) is 4.72 Å². The van der Waals surface area contributed by atoms with Crippen LogP contribution in [0.3, 0.4) is 0 Å². The lowest BCUT2D eigenvalue weighted by Gasteiger charge is -2.12. The summed E-state index contributed by atoms with van der Waals surface area (Å²) in [6.07, 6.45) is 0. The van der Waals surface area contributed by atoms with E-state index in [1.165, 1.54) is 24.3 Å². The Hall–Kier alpha value is -2.57. The summed E-state index contributed by atoms with van der Waals surface area (Å²) < 4.78 is 28.1. The van der Waals surface area contributed by atoms with E-state index in [4.69, 9.17) is 17.3 Å². The number of halogens is 1. The summed E-state index contributed by atoms with van der Waals surface area (Å²) in [6, 6.07) is 16.3. The molecule has 7 heteroatoms. The summed E-state index contributed by atoms with van der Waals surface area (Å²) in [5, 5.41) is 1.39. The number of carbonyl (C=O) groups is 1. The van der Waals surface area contributed by atoms with Gasteiger partial charge in [0.2, 0.25) is 5.91 Å². The monoisotopic (exact) mass is 360 g/mol. The molecule has 0 unspecified atom stereocenters. The third-order valence-electron chi connectivity index (χ3n) is 3.50. The lowest BCUT2D eigenvalue weighted by Crippen LogP contribution is -2.15. The summed E-state index contributed by atoms with van der Waals surface area (Å²) in [7, 11) is -3.95. The predicted molar refractivity (Wildman–Crippen MR) is 94.7 cm³/mol. The largest absolute Gasteiger partial charge is 0.366 e. The highest BCUT2D eigenvalue weighted by Crippen LogP contribution is 2.31. The van der Waals surface area contributed by atoms with Crippen LogP contribution in [0.4, 0.5) is 5.69 Å². The van der Waals surface area contributed by atoms with Crippen LogP contribution in [-0.4, -0.2) is 14.3 Å². The van der Waals surface area contributed by atoms with Crippen LogP contribution in [0.5, 0.6) is 0 Å². The van der Waals surface area contributed by atoms with Gasteiger partial charge < -0.3 is 5.73 Å². The van der Waals surface area contributed by atoms with Crippen LogP contribution in [-0.2, 0) is 10.0 Å². The number of carbonyl (C=O) groups excluding carboxylic acids is 1. The van der Waals surface area contributed by atoms with E-state index >= 15 is 0 Å². The lowest BCUT2D eigenvalue weighted by atomic mass is 10.1. The number of nitrogens with two attached hydrogens (primary N) is 1. The number of hydrogen-bond donors (Lipinski definition) is 2. The Bertz CT molecular complexity index is 1050. The smallest absolute Gasteiger partial charge is 0.264 e. The van der Waals surface area contributed by atoms with Gasteiger partial charge in [0.25, 0.3) is 10.0 Å². The van der Waals surface area contributed by atoms with Gasteiger partial charge >= 0.3 is 0 Å². The average Bonchev–Trinajstić information content (AvgIpc) is 2.54. The molecule has 24 heavy (non-hydrogen) atoms. The van der Waals surface area contributed by atoms with Crippen molar-refractivity contribution >= 4 is 44.0 Å². The van der Waals surface area contributed by atoms with E-state index in [0.29, 0.717) is 5.39 Å². The molecular formula is C17H13ClN2O3S. The minimum absolute atomic E-state index is 0.00764. The molecule has 0 heterocycles. The van der Waals surface area contributed by atoms with Crippen LogP contribution in [0.2, 0.25) is 5.02 Å². The molecular weight excluding hydrogens is 348 g/mol. The zero-order valence-electron chi connectivity index (χ0n) is 12.4. The molecule has 1 amide bonds. The Morgan fingerprint density at radius 2 is 1.75 bits per heavy atom. The van der Waals surface area contributed by atoms with Crippen molar-refractivity contribution in [1.82, 2.24) is 0 Å². The Morgan fingerprint density at radius 3 is 2.50 bits per heavy atom. The highest BCUT2D eigenvalue weighted by molar-refractivity contribution is 7.93. The first kappa shape index (κ1) is 16.3. The van der Waals surface area contributed by atoms with Crippen LogP contribution >= 0.6 is 11.6 Å². The molecule has 3 aromatic carbocycles. The van der Waals surface area contributed by atoms with Crippen molar-refractivity contribution in [3.63, 3.8) is 0 Å². The van der Waals surface area contributed by atoms with E-state index in [9.17, 15) is 13.2 Å². The van der Waals surface area contributed by atoms with E-state index in [1.807, 2.05) is 6.07 Å². The van der Waals surface area contributed by atoms with Crippen LogP contribution in [0.25, 0.3) is 10.8 Å². The third-order valence-corrected chi connectivity index (χ3v) is 5.41. The fourth-order valence-electron chi connectivity index (χ4n) is 2.43. The van der Waals surface area contributed by atoms with Crippen molar-refractivity contribution in [2.45, 2.75) is 4.90 Å². The number of sulfonamides is 1. The zero-order chi connectivity index (χ0) is 17.3. The molecule has 122 valence electrons. The molecule has 5 nitrogen and oxygen atoms in total. The Labute approximate surface area is 144 Å². The van der Waals surface area contributed by atoms with Gasteiger partial charge in [0.15, 0.2) is 0 Å². The van der Waals surface area contributed by atoms with E-state index in [-0.39, 0.29) is 21.2 Å². The quantitative estimate of drug-likeness (QED) is 0.747. The fraction of sp³-hybridized carbons (Fsp3) is 0. The third kappa shape index (κ3) is 3.06. The first-order valence-corrected chi connectivity index (χ1v) is 8.84. The molecule has 0 fully saturated rings. The Kier molecular flexibility index (Phi) is 4.17. The maximum atomic E-state index is 12.8. The summed E-state index contributed by atoms with van der Waals surface area (Å²) in [5.74, 6) is -0.640. The van der Waals surface area contributed by atoms with Gasteiger partial charge in [-0.25, -0.2) is 8.42 Å².